The number of likely N-dealkylation sites (tertiary alicyclic amines) is 1. The van der Waals surface area contributed by atoms with Gasteiger partial charge < -0.3 is 14.7 Å². The summed E-state index contributed by atoms with van der Waals surface area (Å²) in [5.41, 5.74) is 1.63. The molecule has 1 saturated heterocycles. The summed E-state index contributed by atoms with van der Waals surface area (Å²) in [7, 11) is 1.74. The number of alkyl halides is 3. The van der Waals surface area contributed by atoms with Gasteiger partial charge in [-0.3, -0.25) is 9.69 Å². The first-order chi connectivity index (χ1) is 19.0. The van der Waals surface area contributed by atoms with Gasteiger partial charge in [-0.1, -0.05) is 18.9 Å². The van der Waals surface area contributed by atoms with E-state index >= 15 is 0 Å². The van der Waals surface area contributed by atoms with Gasteiger partial charge in [-0.25, -0.2) is 0 Å². The van der Waals surface area contributed by atoms with E-state index < -0.39 is 17.6 Å². The average molecular weight is 551 g/mol. The standard InChI is InChI=1S/C32H33F3N2O3/c1-30-14-13-23(36(2)26(39)12-7-19-5-9-22(10-6-19)32(33,34)35)29-31(30)15-16-37(18-20-3-4-20)25(30)17-21-8-11-24(38)28(40-29)27(21)31/h5-6,8-11,20,23,25,29,38H,3-4,13-18H2,1-2H3/t23-,25+,29-,30-,31-/m0/s1. The molecule has 1 spiro atoms. The largest absolute Gasteiger partial charge is 0.504 e. The van der Waals surface area contributed by atoms with Crippen molar-refractivity contribution >= 4 is 5.91 Å². The second kappa shape index (κ2) is 8.66. The zero-order valence-electron chi connectivity index (χ0n) is 22.7. The van der Waals surface area contributed by atoms with Crippen LogP contribution in [-0.2, 0) is 22.8 Å². The highest BCUT2D eigenvalue weighted by molar-refractivity contribution is 5.94. The van der Waals surface area contributed by atoms with Crippen LogP contribution in [-0.4, -0.2) is 59.1 Å². The Balaban J connectivity index is 1.20. The van der Waals surface area contributed by atoms with E-state index in [9.17, 15) is 23.1 Å². The average Bonchev–Trinajstić information content (AvgIpc) is 3.67. The van der Waals surface area contributed by atoms with Crippen LogP contribution in [0, 0.1) is 23.2 Å². The van der Waals surface area contributed by atoms with E-state index in [4.69, 9.17) is 4.74 Å². The number of benzene rings is 2. The topological polar surface area (TPSA) is 53.0 Å². The minimum absolute atomic E-state index is 0.0524. The molecule has 8 heteroatoms. The highest BCUT2D eigenvalue weighted by atomic mass is 19.4. The summed E-state index contributed by atoms with van der Waals surface area (Å²) in [5.74, 6) is 6.52. The van der Waals surface area contributed by atoms with E-state index in [2.05, 4.69) is 29.7 Å². The van der Waals surface area contributed by atoms with Crippen molar-refractivity contribution in [3.8, 4) is 23.3 Å². The minimum atomic E-state index is -4.42. The molecule has 2 bridgehead atoms. The van der Waals surface area contributed by atoms with Crippen molar-refractivity contribution in [1.29, 1.82) is 0 Å². The lowest BCUT2D eigenvalue weighted by molar-refractivity contribution is -0.150. The number of ether oxygens (including phenoxy) is 1. The molecular formula is C32H33F3N2O3. The molecule has 1 amide bonds. The smallest absolute Gasteiger partial charge is 0.416 e. The van der Waals surface area contributed by atoms with Crippen LogP contribution >= 0.6 is 0 Å². The number of aromatic hydroxyl groups is 1. The van der Waals surface area contributed by atoms with Gasteiger partial charge in [0.2, 0.25) is 0 Å². The molecule has 40 heavy (non-hydrogen) atoms. The maximum atomic E-state index is 13.3. The highest BCUT2D eigenvalue weighted by Gasteiger charge is 2.71. The van der Waals surface area contributed by atoms with Crippen LogP contribution in [0.2, 0.25) is 0 Å². The molecule has 3 fully saturated rings. The fourth-order valence-electron chi connectivity index (χ4n) is 8.41. The zero-order chi connectivity index (χ0) is 28.0. The van der Waals surface area contributed by atoms with Gasteiger partial charge in [0.05, 0.1) is 11.6 Å². The highest BCUT2D eigenvalue weighted by Crippen LogP contribution is 2.69. The van der Waals surface area contributed by atoms with E-state index in [1.54, 1.807) is 18.0 Å². The first-order valence-corrected chi connectivity index (χ1v) is 14.2. The van der Waals surface area contributed by atoms with Gasteiger partial charge in [0.1, 0.15) is 6.10 Å². The summed E-state index contributed by atoms with van der Waals surface area (Å²) >= 11 is 0. The fraction of sp³-hybridized carbons (Fsp3) is 0.531. The van der Waals surface area contributed by atoms with E-state index in [0.29, 0.717) is 17.4 Å². The van der Waals surface area contributed by atoms with Gasteiger partial charge in [0.15, 0.2) is 11.5 Å². The van der Waals surface area contributed by atoms with E-state index in [1.807, 2.05) is 0 Å². The predicted octanol–water partition coefficient (Wildman–Crippen LogP) is 5.13. The van der Waals surface area contributed by atoms with Gasteiger partial charge in [0.25, 0.3) is 5.91 Å². The number of piperidine rings is 1. The van der Waals surface area contributed by atoms with Gasteiger partial charge in [-0.2, -0.15) is 13.2 Å². The molecule has 2 aliphatic heterocycles. The fourth-order valence-corrected chi connectivity index (χ4v) is 8.41. The van der Waals surface area contributed by atoms with Crippen molar-refractivity contribution in [3.05, 3.63) is 58.7 Å². The lowest BCUT2D eigenvalue weighted by atomic mass is 9.43. The third-order valence-corrected chi connectivity index (χ3v) is 10.6. The molecule has 2 saturated carbocycles. The molecule has 5 atom stereocenters. The molecule has 210 valence electrons. The number of amides is 1. The van der Waals surface area contributed by atoms with Crippen molar-refractivity contribution in [1.82, 2.24) is 9.80 Å². The molecule has 5 nitrogen and oxygen atoms in total. The van der Waals surface area contributed by atoms with Crippen molar-refractivity contribution in [2.24, 2.45) is 11.3 Å². The molecule has 0 aromatic heterocycles. The Morgan fingerprint density at radius 2 is 1.90 bits per heavy atom. The van der Waals surface area contributed by atoms with Gasteiger partial charge in [0, 0.05) is 42.1 Å². The third-order valence-electron chi connectivity index (χ3n) is 10.6. The summed E-state index contributed by atoms with van der Waals surface area (Å²) in [5, 5.41) is 10.9. The van der Waals surface area contributed by atoms with E-state index in [-0.39, 0.29) is 28.7 Å². The zero-order valence-corrected chi connectivity index (χ0v) is 22.7. The monoisotopic (exact) mass is 550 g/mol. The molecule has 3 aliphatic carbocycles. The SMILES string of the molecule is CN(C(=O)C#Cc1ccc(C(F)(F)F)cc1)[C@H]1CC[C@@]2(C)[C@H]3Cc4ccc(O)c5c4[C@@]2(CCN3CC2CC2)[C@H]1O5. The number of carbonyl (C=O) groups is 1. The van der Waals surface area contributed by atoms with E-state index in [1.165, 1.54) is 30.5 Å². The van der Waals surface area contributed by atoms with Crippen LogP contribution in [0.15, 0.2) is 36.4 Å². The van der Waals surface area contributed by atoms with Gasteiger partial charge in [-0.15, -0.1) is 0 Å². The summed E-state index contributed by atoms with van der Waals surface area (Å²) < 4.78 is 45.4. The van der Waals surface area contributed by atoms with Crippen LogP contribution < -0.4 is 4.74 Å². The molecular weight excluding hydrogens is 517 g/mol. The molecule has 2 heterocycles. The van der Waals surface area contributed by atoms with Gasteiger partial charge >= 0.3 is 6.18 Å². The number of hydrogen-bond acceptors (Lipinski definition) is 4. The lowest BCUT2D eigenvalue weighted by Crippen LogP contribution is -2.73. The summed E-state index contributed by atoms with van der Waals surface area (Å²) in [6, 6.07) is 8.46. The second-order valence-electron chi connectivity index (χ2n) is 12.6. The van der Waals surface area contributed by atoms with Crippen molar-refractivity contribution in [2.45, 2.75) is 75.2 Å². The van der Waals surface area contributed by atoms with Crippen molar-refractivity contribution in [2.75, 3.05) is 20.1 Å². The Bertz CT molecular complexity index is 1440. The number of likely N-dealkylation sites (N-methyl/N-ethyl adjacent to an activating group) is 1. The summed E-state index contributed by atoms with van der Waals surface area (Å²) in [6.07, 6.45) is 1.45. The Morgan fingerprint density at radius 1 is 1.15 bits per heavy atom. The number of halogens is 3. The van der Waals surface area contributed by atoms with Crippen molar-refractivity contribution < 1.29 is 27.8 Å². The van der Waals surface area contributed by atoms with Crippen LogP contribution in [0.1, 0.15) is 61.3 Å². The van der Waals surface area contributed by atoms with Gasteiger partial charge in [-0.05, 0) is 92.3 Å². The van der Waals surface area contributed by atoms with Crippen LogP contribution in [0.3, 0.4) is 0 Å². The van der Waals surface area contributed by atoms with Crippen LogP contribution in [0.4, 0.5) is 13.2 Å². The third kappa shape index (κ3) is 3.62. The normalized spacial score (nSPS) is 32.0. The van der Waals surface area contributed by atoms with Crippen LogP contribution in [0.5, 0.6) is 11.5 Å². The Labute approximate surface area is 232 Å². The minimum Gasteiger partial charge on any atom is -0.504 e. The number of nitrogens with zero attached hydrogens (tertiary/aromatic N) is 2. The Morgan fingerprint density at radius 3 is 2.60 bits per heavy atom. The summed E-state index contributed by atoms with van der Waals surface area (Å²) in [4.78, 5) is 17.7. The molecule has 0 unspecified atom stereocenters. The van der Waals surface area contributed by atoms with Crippen molar-refractivity contribution in [3.63, 3.8) is 0 Å². The lowest BCUT2D eigenvalue weighted by Gasteiger charge is -2.66. The number of hydrogen-bond donors (Lipinski definition) is 1. The number of carbonyl (C=O) groups excluding carboxylic acids is 1. The first kappa shape index (κ1) is 25.8. The molecule has 2 aromatic carbocycles. The molecule has 0 radical (unpaired) electrons. The number of phenols is 1. The Kier molecular flexibility index (Phi) is 5.58. The Hall–Kier alpha value is -3.18. The summed E-state index contributed by atoms with van der Waals surface area (Å²) in [6.45, 7) is 4.52. The first-order valence-electron chi connectivity index (χ1n) is 14.2. The molecule has 1 N–H and O–H groups in total. The quantitative estimate of drug-likeness (QED) is 0.539. The number of phenolic OH excluding ortho intramolecular Hbond substituents is 1. The molecule has 2 aromatic rings. The second-order valence-corrected chi connectivity index (χ2v) is 12.6. The van der Waals surface area contributed by atoms with E-state index in [0.717, 1.165) is 62.4 Å². The van der Waals surface area contributed by atoms with Crippen LogP contribution in [0.25, 0.3) is 0 Å². The molecule has 7 rings (SSSR count). The predicted molar refractivity (Wildman–Crippen MR) is 143 cm³/mol. The number of rotatable bonds is 3. The molecule has 5 aliphatic rings. The maximum absolute atomic E-state index is 13.3. The maximum Gasteiger partial charge on any atom is 0.416 e.